The quantitative estimate of drug-likeness (QED) is 0.872. The third kappa shape index (κ3) is 3.06. The van der Waals surface area contributed by atoms with E-state index >= 15 is 0 Å². The summed E-state index contributed by atoms with van der Waals surface area (Å²) in [5, 5.41) is 9.82. The van der Waals surface area contributed by atoms with Gasteiger partial charge in [-0.15, -0.1) is 0 Å². The second kappa shape index (κ2) is 6.06. The molecule has 20 heavy (non-hydrogen) atoms. The third-order valence-corrected chi connectivity index (χ3v) is 2.72. The number of halogens is 1. The first kappa shape index (κ1) is 13.9. The molecule has 0 fully saturated rings. The monoisotopic (exact) mass is 276 g/mol. The van der Waals surface area contributed by atoms with Crippen LogP contribution in [0.4, 0.5) is 4.39 Å². The summed E-state index contributed by atoms with van der Waals surface area (Å²) in [6.07, 6.45) is 0. The fourth-order valence-electron chi connectivity index (χ4n) is 1.66. The predicted molar refractivity (Wildman–Crippen MR) is 70.2 cm³/mol. The van der Waals surface area contributed by atoms with E-state index in [1.54, 1.807) is 6.07 Å². The van der Waals surface area contributed by atoms with Gasteiger partial charge in [-0.3, -0.25) is 0 Å². The summed E-state index contributed by atoms with van der Waals surface area (Å²) in [5.74, 6) is -1.10. The van der Waals surface area contributed by atoms with E-state index < -0.39 is 5.97 Å². The summed E-state index contributed by atoms with van der Waals surface area (Å²) in [5.41, 5.74) is 0.675. The largest absolute Gasteiger partial charge is 0.504 e. The van der Waals surface area contributed by atoms with Crippen molar-refractivity contribution in [2.75, 3.05) is 7.11 Å². The Balaban J connectivity index is 2.07. The van der Waals surface area contributed by atoms with Crippen LogP contribution in [0, 0.1) is 5.82 Å². The molecule has 2 rings (SSSR count). The molecule has 0 atom stereocenters. The van der Waals surface area contributed by atoms with Crippen LogP contribution in [0.2, 0.25) is 0 Å². The van der Waals surface area contributed by atoms with E-state index in [0.717, 1.165) is 0 Å². The van der Waals surface area contributed by atoms with Crippen LogP contribution in [0.25, 0.3) is 0 Å². The number of carbonyl (C=O) groups excluding carboxylic acids is 1. The van der Waals surface area contributed by atoms with E-state index in [1.807, 2.05) is 0 Å². The molecule has 0 spiro atoms. The van der Waals surface area contributed by atoms with Gasteiger partial charge in [-0.25, -0.2) is 9.18 Å². The number of rotatable bonds is 4. The summed E-state index contributed by atoms with van der Waals surface area (Å²) in [7, 11) is 1.39. The minimum Gasteiger partial charge on any atom is -0.504 e. The maximum absolute atomic E-state index is 12.7. The number of methoxy groups -OCH3 is 1. The highest BCUT2D eigenvalue weighted by atomic mass is 19.1. The van der Waals surface area contributed by atoms with Gasteiger partial charge >= 0.3 is 5.97 Å². The topological polar surface area (TPSA) is 55.8 Å². The number of hydrogen-bond acceptors (Lipinski definition) is 4. The van der Waals surface area contributed by atoms with Crippen LogP contribution in [0.1, 0.15) is 15.9 Å². The van der Waals surface area contributed by atoms with Gasteiger partial charge in [0.15, 0.2) is 11.5 Å². The molecule has 0 amide bonds. The van der Waals surface area contributed by atoms with Crippen molar-refractivity contribution in [3.63, 3.8) is 0 Å². The lowest BCUT2D eigenvalue weighted by Crippen LogP contribution is -2.06. The first-order chi connectivity index (χ1) is 9.61. The van der Waals surface area contributed by atoms with Crippen LogP contribution in [-0.4, -0.2) is 18.2 Å². The van der Waals surface area contributed by atoms with Crippen LogP contribution >= 0.6 is 0 Å². The smallest absolute Gasteiger partial charge is 0.342 e. The molecule has 0 aromatic heterocycles. The molecule has 0 saturated carbocycles. The number of phenols is 1. The molecule has 0 aliphatic heterocycles. The molecule has 0 aliphatic carbocycles. The Labute approximate surface area is 115 Å². The molecular weight excluding hydrogens is 263 g/mol. The molecule has 1 N–H and O–H groups in total. The zero-order valence-electron chi connectivity index (χ0n) is 10.8. The van der Waals surface area contributed by atoms with E-state index in [4.69, 9.17) is 9.47 Å². The summed E-state index contributed by atoms with van der Waals surface area (Å²) < 4.78 is 22.7. The highest BCUT2D eigenvalue weighted by Crippen LogP contribution is 2.29. The molecule has 104 valence electrons. The lowest BCUT2D eigenvalue weighted by atomic mass is 10.2. The lowest BCUT2D eigenvalue weighted by Gasteiger charge is -2.09. The Hall–Kier alpha value is -2.56. The minimum atomic E-state index is -0.675. The van der Waals surface area contributed by atoms with Gasteiger partial charge in [0.05, 0.1) is 7.11 Å². The van der Waals surface area contributed by atoms with Crippen LogP contribution in [0.3, 0.4) is 0 Å². The van der Waals surface area contributed by atoms with E-state index in [2.05, 4.69) is 0 Å². The van der Waals surface area contributed by atoms with Gasteiger partial charge < -0.3 is 14.6 Å². The van der Waals surface area contributed by atoms with Crippen molar-refractivity contribution in [2.45, 2.75) is 6.61 Å². The highest BCUT2D eigenvalue weighted by Gasteiger charge is 2.16. The molecule has 0 unspecified atom stereocenters. The normalized spacial score (nSPS) is 10.1. The van der Waals surface area contributed by atoms with Crippen molar-refractivity contribution in [2.24, 2.45) is 0 Å². The molecule has 4 nitrogen and oxygen atoms in total. The number of aromatic hydroxyl groups is 1. The van der Waals surface area contributed by atoms with E-state index in [1.165, 1.54) is 43.5 Å². The second-order valence-electron chi connectivity index (χ2n) is 4.06. The first-order valence-electron chi connectivity index (χ1n) is 5.89. The van der Waals surface area contributed by atoms with Gasteiger partial charge in [0.2, 0.25) is 0 Å². The van der Waals surface area contributed by atoms with Gasteiger partial charge in [-0.1, -0.05) is 18.2 Å². The Bertz CT molecular complexity index is 608. The number of ether oxygens (including phenoxy) is 2. The van der Waals surface area contributed by atoms with Crippen molar-refractivity contribution < 1.29 is 23.8 Å². The van der Waals surface area contributed by atoms with Crippen LogP contribution in [0.5, 0.6) is 11.5 Å². The number of carbonyl (C=O) groups is 1. The number of para-hydroxylation sites is 1. The second-order valence-corrected chi connectivity index (χ2v) is 4.06. The Morgan fingerprint density at radius 3 is 2.55 bits per heavy atom. The van der Waals surface area contributed by atoms with Crippen LogP contribution in [-0.2, 0) is 11.3 Å². The Morgan fingerprint density at radius 2 is 1.90 bits per heavy atom. The summed E-state index contributed by atoms with van der Waals surface area (Å²) in [6, 6.07) is 10.2. The number of phenolic OH excluding ortho intramolecular Hbond substituents is 1. The average molecular weight is 276 g/mol. The summed E-state index contributed by atoms with van der Waals surface area (Å²) >= 11 is 0. The van der Waals surface area contributed by atoms with Gasteiger partial charge in [0.25, 0.3) is 0 Å². The summed E-state index contributed by atoms with van der Waals surface area (Å²) in [4.78, 5) is 11.9. The number of esters is 1. The standard InChI is InChI=1S/C15H13FO4/c1-19-13-4-2-3-12(14(13)17)15(18)20-9-10-5-7-11(16)8-6-10/h2-8,17H,9H2,1H3. The summed E-state index contributed by atoms with van der Waals surface area (Å²) in [6.45, 7) is -0.00420. The molecule has 2 aromatic carbocycles. The first-order valence-corrected chi connectivity index (χ1v) is 5.89. The van der Waals surface area contributed by atoms with Gasteiger partial charge in [0, 0.05) is 0 Å². The highest BCUT2D eigenvalue weighted by molar-refractivity contribution is 5.93. The lowest BCUT2D eigenvalue weighted by molar-refractivity contribution is 0.0468. The molecule has 5 heteroatoms. The molecule has 0 bridgehead atoms. The number of benzene rings is 2. The van der Waals surface area contributed by atoms with Crippen LogP contribution < -0.4 is 4.74 Å². The van der Waals surface area contributed by atoms with Crippen molar-refractivity contribution >= 4 is 5.97 Å². The zero-order valence-corrected chi connectivity index (χ0v) is 10.8. The Kier molecular flexibility index (Phi) is 4.20. The maximum atomic E-state index is 12.7. The molecule has 2 aromatic rings. The van der Waals surface area contributed by atoms with Gasteiger partial charge in [0.1, 0.15) is 18.0 Å². The average Bonchev–Trinajstić information content (AvgIpc) is 2.46. The minimum absolute atomic E-state index is 0.00420. The fraction of sp³-hybridized carbons (Fsp3) is 0.133. The fourth-order valence-corrected chi connectivity index (χ4v) is 1.66. The van der Waals surface area contributed by atoms with E-state index in [9.17, 15) is 14.3 Å². The SMILES string of the molecule is COc1cccc(C(=O)OCc2ccc(F)cc2)c1O. The molecular formula is C15H13FO4. The molecule has 0 saturated heterocycles. The van der Waals surface area contributed by atoms with Gasteiger partial charge in [-0.2, -0.15) is 0 Å². The van der Waals surface area contributed by atoms with E-state index in [0.29, 0.717) is 5.56 Å². The maximum Gasteiger partial charge on any atom is 0.342 e. The third-order valence-electron chi connectivity index (χ3n) is 2.72. The molecule has 0 heterocycles. The van der Waals surface area contributed by atoms with Crippen LogP contribution in [0.15, 0.2) is 42.5 Å². The van der Waals surface area contributed by atoms with Crippen molar-refractivity contribution in [1.82, 2.24) is 0 Å². The van der Waals surface area contributed by atoms with E-state index in [-0.39, 0.29) is 29.5 Å². The van der Waals surface area contributed by atoms with Crippen molar-refractivity contribution in [3.8, 4) is 11.5 Å². The molecule has 0 aliphatic rings. The number of hydrogen-bond donors (Lipinski definition) is 1. The zero-order chi connectivity index (χ0) is 14.5. The predicted octanol–water partition coefficient (Wildman–Crippen LogP) is 2.90. The Morgan fingerprint density at radius 1 is 1.20 bits per heavy atom. The van der Waals surface area contributed by atoms with Crippen molar-refractivity contribution in [3.05, 3.63) is 59.4 Å². The molecule has 0 radical (unpaired) electrons. The van der Waals surface area contributed by atoms with Crippen molar-refractivity contribution in [1.29, 1.82) is 0 Å². The van der Waals surface area contributed by atoms with Gasteiger partial charge in [-0.05, 0) is 29.8 Å².